The third-order valence-corrected chi connectivity index (χ3v) is 4.97. The van der Waals surface area contributed by atoms with Crippen molar-refractivity contribution in [3.63, 3.8) is 0 Å². The molecule has 0 spiro atoms. The molecule has 0 saturated heterocycles. The summed E-state index contributed by atoms with van der Waals surface area (Å²) in [6.45, 7) is 0.396. The average Bonchev–Trinajstić information content (AvgIpc) is 2.79. The molecule has 0 bridgehead atoms. The van der Waals surface area contributed by atoms with E-state index in [1.807, 2.05) is 0 Å². The lowest BCUT2D eigenvalue weighted by molar-refractivity contribution is 0.0399. The second-order valence-electron chi connectivity index (χ2n) is 5.21. The lowest BCUT2D eigenvalue weighted by Gasteiger charge is -2.21. The van der Waals surface area contributed by atoms with E-state index in [-0.39, 0.29) is 10.6 Å². The second-order valence-corrected chi connectivity index (χ2v) is 7.78. The molecule has 5 nitrogen and oxygen atoms in total. The van der Waals surface area contributed by atoms with E-state index in [9.17, 15) is 13.2 Å². The number of carbonyl (C=O) groups excluding carboxylic acids is 1. The maximum Gasteiger partial charge on any atom is 0.354 e. The molecule has 7 heteroatoms. The standard InChI is InChI=1S/C13H18ClNO4S/c1-15-8-11(20(14,17)18)7-12(15)13(16)19-9-10-5-3-2-4-6-10/h7-8,10H,2-6,9H2,1H3. The number of aromatic nitrogens is 1. The third kappa shape index (κ3) is 3.76. The first-order valence-corrected chi connectivity index (χ1v) is 8.97. The maximum atomic E-state index is 12.0. The molecule has 20 heavy (non-hydrogen) atoms. The van der Waals surface area contributed by atoms with Gasteiger partial charge < -0.3 is 9.30 Å². The van der Waals surface area contributed by atoms with E-state index in [0.29, 0.717) is 12.5 Å². The van der Waals surface area contributed by atoms with Gasteiger partial charge in [-0.25, -0.2) is 13.2 Å². The zero-order valence-electron chi connectivity index (χ0n) is 11.3. The average molecular weight is 320 g/mol. The minimum atomic E-state index is -3.83. The van der Waals surface area contributed by atoms with E-state index in [2.05, 4.69) is 0 Å². The first kappa shape index (κ1) is 15.4. The van der Waals surface area contributed by atoms with Crippen LogP contribution in [0.25, 0.3) is 0 Å². The van der Waals surface area contributed by atoms with Gasteiger partial charge in [0.15, 0.2) is 0 Å². The SMILES string of the molecule is Cn1cc(S(=O)(=O)Cl)cc1C(=O)OCC1CCCCC1. The molecule has 0 N–H and O–H groups in total. The highest BCUT2D eigenvalue weighted by Crippen LogP contribution is 2.24. The van der Waals surface area contributed by atoms with E-state index in [1.165, 1.54) is 36.1 Å². The molecular weight excluding hydrogens is 302 g/mol. The Kier molecular flexibility index (Phi) is 4.75. The van der Waals surface area contributed by atoms with Gasteiger partial charge in [0.05, 0.1) is 6.61 Å². The normalized spacial score (nSPS) is 17.1. The Morgan fingerprint density at radius 2 is 2.05 bits per heavy atom. The molecule has 0 radical (unpaired) electrons. The second kappa shape index (κ2) is 6.18. The minimum Gasteiger partial charge on any atom is -0.461 e. The summed E-state index contributed by atoms with van der Waals surface area (Å²) in [6.07, 6.45) is 7.09. The van der Waals surface area contributed by atoms with Crippen molar-refractivity contribution < 1.29 is 17.9 Å². The molecule has 1 aromatic rings. The largest absolute Gasteiger partial charge is 0.461 e. The highest BCUT2D eigenvalue weighted by molar-refractivity contribution is 8.13. The topological polar surface area (TPSA) is 65.4 Å². The van der Waals surface area contributed by atoms with Gasteiger partial charge >= 0.3 is 5.97 Å². The van der Waals surface area contributed by atoms with E-state index >= 15 is 0 Å². The minimum absolute atomic E-state index is 0.0914. The molecule has 1 fully saturated rings. The third-order valence-electron chi connectivity index (χ3n) is 3.65. The summed E-state index contributed by atoms with van der Waals surface area (Å²) >= 11 is 0. The Morgan fingerprint density at radius 3 is 2.60 bits per heavy atom. The van der Waals surface area contributed by atoms with Crippen LogP contribution in [0.5, 0.6) is 0 Å². The van der Waals surface area contributed by atoms with E-state index in [0.717, 1.165) is 12.8 Å². The number of ether oxygens (including phenoxy) is 1. The molecule has 0 aromatic carbocycles. The van der Waals surface area contributed by atoms with Crippen LogP contribution >= 0.6 is 10.7 Å². The van der Waals surface area contributed by atoms with Crippen LogP contribution in [-0.2, 0) is 20.8 Å². The fourth-order valence-corrected chi connectivity index (χ4v) is 3.28. The fourth-order valence-electron chi connectivity index (χ4n) is 2.49. The molecule has 1 heterocycles. The molecule has 1 saturated carbocycles. The van der Waals surface area contributed by atoms with Gasteiger partial charge in [-0.15, -0.1) is 0 Å². The number of esters is 1. The molecule has 0 atom stereocenters. The molecular formula is C13H18ClNO4S. The molecule has 1 aliphatic rings. The summed E-state index contributed by atoms with van der Waals surface area (Å²) in [4.78, 5) is 11.9. The highest BCUT2D eigenvalue weighted by atomic mass is 35.7. The summed E-state index contributed by atoms with van der Waals surface area (Å²) in [7, 11) is 3.01. The number of hydrogen-bond acceptors (Lipinski definition) is 4. The molecule has 0 unspecified atom stereocenters. The van der Waals surface area contributed by atoms with Crippen molar-refractivity contribution in [1.29, 1.82) is 0 Å². The summed E-state index contributed by atoms with van der Waals surface area (Å²) in [5.41, 5.74) is 0.194. The van der Waals surface area contributed by atoms with Crippen molar-refractivity contribution in [2.24, 2.45) is 13.0 Å². The van der Waals surface area contributed by atoms with Crippen LogP contribution in [0, 0.1) is 5.92 Å². The first-order valence-electron chi connectivity index (χ1n) is 6.66. The lowest BCUT2D eigenvalue weighted by atomic mass is 9.90. The van der Waals surface area contributed by atoms with Crippen molar-refractivity contribution in [2.75, 3.05) is 6.61 Å². The highest BCUT2D eigenvalue weighted by Gasteiger charge is 2.21. The van der Waals surface area contributed by atoms with Crippen LogP contribution in [-0.4, -0.2) is 25.6 Å². The van der Waals surface area contributed by atoms with Crippen molar-refractivity contribution in [2.45, 2.75) is 37.0 Å². The molecule has 0 amide bonds. The molecule has 112 valence electrons. The summed E-state index contributed by atoms with van der Waals surface area (Å²) in [5, 5.41) is 0. The Bertz CT molecular complexity index is 588. The number of halogens is 1. The lowest BCUT2D eigenvalue weighted by Crippen LogP contribution is -2.18. The Morgan fingerprint density at radius 1 is 1.40 bits per heavy atom. The maximum absolute atomic E-state index is 12.0. The number of hydrogen-bond donors (Lipinski definition) is 0. The number of aryl methyl sites for hydroxylation is 1. The quantitative estimate of drug-likeness (QED) is 0.632. The smallest absolute Gasteiger partial charge is 0.354 e. The first-order chi connectivity index (χ1) is 9.38. The molecule has 2 rings (SSSR count). The summed E-state index contributed by atoms with van der Waals surface area (Å²) in [6, 6.07) is 1.24. The number of nitrogens with zero attached hydrogens (tertiary/aromatic N) is 1. The van der Waals surface area contributed by atoms with Gasteiger partial charge in [0.1, 0.15) is 10.6 Å². The van der Waals surface area contributed by atoms with Crippen molar-refractivity contribution in [1.82, 2.24) is 4.57 Å². The summed E-state index contributed by atoms with van der Waals surface area (Å²) in [5.74, 6) is -0.0890. The van der Waals surface area contributed by atoms with Crippen LogP contribution in [0.1, 0.15) is 42.6 Å². The van der Waals surface area contributed by atoms with E-state index in [1.54, 1.807) is 7.05 Å². The fraction of sp³-hybridized carbons (Fsp3) is 0.615. The molecule has 1 aromatic heterocycles. The van der Waals surface area contributed by atoms with E-state index < -0.39 is 15.0 Å². The van der Waals surface area contributed by atoms with Gasteiger partial charge in [-0.05, 0) is 24.8 Å². The van der Waals surface area contributed by atoms with Gasteiger partial charge in [0.2, 0.25) is 0 Å². The Hall–Kier alpha value is -1.01. The summed E-state index contributed by atoms with van der Waals surface area (Å²) < 4.78 is 29.1. The molecule has 0 aliphatic heterocycles. The van der Waals surface area contributed by atoms with Crippen molar-refractivity contribution in [3.8, 4) is 0 Å². The predicted molar refractivity (Wildman–Crippen MR) is 75.3 cm³/mol. The van der Waals surface area contributed by atoms with Crippen LogP contribution in [0.15, 0.2) is 17.2 Å². The van der Waals surface area contributed by atoms with Gasteiger partial charge in [0, 0.05) is 23.9 Å². The van der Waals surface area contributed by atoms with Crippen LogP contribution < -0.4 is 0 Å². The van der Waals surface area contributed by atoms with Gasteiger partial charge in [0.25, 0.3) is 9.05 Å². The number of rotatable bonds is 4. The van der Waals surface area contributed by atoms with Crippen LogP contribution in [0.4, 0.5) is 0 Å². The zero-order chi connectivity index (χ0) is 14.8. The van der Waals surface area contributed by atoms with Crippen LogP contribution in [0.3, 0.4) is 0 Å². The Labute approximate surface area is 123 Å². The van der Waals surface area contributed by atoms with Gasteiger partial charge in [-0.3, -0.25) is 0 Å². The monoisotopic (exact) mass is 319 g/mol. The van der Waals surface area contributed by atoms with E-state index in [4.69, 9.17) is 15.4 Å². The van der Waals surface area contributed by atoms with Gasteiger partial charge in [-0.1, -0.05) is 19.3 Å². The van der Waals surface area contributed by atoms with Crippen molar-refractivity contribution in [3.05, 3.63) is 18.0 Å². The number of carbonyl (C=O) groups is 1. The molecule has 1 aliphatic carbocycles. The Balaban J connectivity index is 2.00. The zero-order valence-corrected chi connectivity index (χ0v) is 12.9. The predicted octanol–water partition coefficient (Wildman–Crippen LogP) is 2.69. The van der Waals surface area contributed by atoms with Crippen LogP contribution in [0.2, 0.25) is 0 Å². The van der Waals surface area contributed by atoms with Gasteiger partial charge in [-0.2, -0.15) is 0 Å². The van der Waals surface area contributed by atoms with Crippen molar-refractivity contribution >= 4 is 25.7 Å².